The molecule has 0 aliphatic carbocycles. The van der Waals surface area contributed by atoms with Crippen LogP contribution in [0.25, 0.3) is 0 Å². The molecule has 120 valence electrons. The van der Waals surface area contributed by atoms with E-state index in [4.69, 9.17) is 0 Å². The maximum absolute atomic E-state index is 13.2. The summed E-state index contributed by atoms with van der Waals surface area (Å²) in [4.78, 5) is 15.0. The van der Waals surface area contributed by atoms with Crippen LogP contribution in [0.2, 0.25) is 0 Å². The number of rotatable bonds is 4. The van der Waals surface area contributed by atoms with Crippen LogP contribution in [0.15, 0.2) is 54.6 Å². The van der Waals surface area contributed by atoms with Crippen molar-refractivity contribution < 1.29 is 9.90 Å². The van der Waals surface area contributed by atoms with Crippen LogP contribution in [0.3, 0.4) is 0 Å². The van der Waals surface area contributed by atoms with Crippen LogP contribution in [0.4, 0.5) is 5.69 Å². The van der Waals surface area contributed by atoms with Crippen molar-refractivity contribution in [3.05, 3.63) is 65.7 Å². The maximum atomic E-state index is 13.2. The van der Waals surface area contributed by atoms with Crippen LogP contribution in [0, 0.1) is 0 Å². The van der Waals surface area contributed by atoms with E-state index in [1.165, 1.54) is 0 Å². The largest absolute Gasteiger partial charge is 0.390 e. The molecule has 0 saturated carbocycles. The molecule has 3 nitrogen and oxygen atoms in total. The van der Waals surface area contributed by atoms with Gasteiger partial charge < -0.3 is 10.0 Å². The zero-order valence-corrected chi connectivity index (χ0v) is 13.9. The van der Waals surface area contributed by atoms with Gasteiger partial charge in [0.15, 0.2) is 0 Å². The van der Waals surface area contributed by atoms with Gasteiger partial charge in [-0.1, -0.05) is 48.5 Å². The Labute approximate surface area is 137 Å². The van der Waals surface area contributed by atoms with Crippen molar-refractivity contribution in [2.24, 2.45) is 0 Å². The highest BCUT2D eigenvalue weighted by molar-refractivity contribution is 6.07. The van der Waals surface area contributed by atoms with Crippen molar-refractivity contribution >= 4 is 11.6 Å². The van der Waals surface area contributed by atoms with Gasteiger partial charge in [0, 0.05) is 5.69 Å². The molecule has 1 heterocycles. The van der Waals surface area contributed by atoms with Gasteiger partial charge in [-0.15, -0.1) is 0 Å². The summed E-state index contributed by atoms with van der Waals surface area (Å²) in [5, 5.41) is 10.3. The molecule has 0 aromatic heterocycles. The Hall–Kier alpha value is -2.13. The van der Waals surface area contributed by atoms with Crippen LogP contribution >= 0.6 is 0 Å². The van der Waals surface area contributed by atoms with Gasteiger partial charge in [0.1, 0.15) is 0 Å². The average Bonchev–Trinajstić information content (AvgIpc) is 2.69. The molecule has 3 rings (SSSR count). The van der Waals surface area contributed by atoms with Crippen LogP contribution in [-0.2, 0) is 16.8 Å². The Morgan fingerprint density at radius 1 is 1.04 bits per heavy atom. The third-order valence-corrected chi connectivity index (χ3v) is 4.48. The zero-order chi connectivity index (χ0) is 16.7. The standard InChI is InChI=1S/C20H23NO2/c1-19(2,23)14-20(3)16-11-7-8-12-17(16)21(18(20)22)13-15-9-5-4-6-10-15/h4-12,23H,13-14H2,1-3H3/t20-/m0/s1. The van der Waals surface area contributed by atoms with Crippen molar-refractivity contribution in [3.63, 3.8) is 0 Å². The number of aliphatic hydroxyl groups is 1. The van der Waals surface area contributed by atoms with Crippen LogP contribution in [0.1, 0.15) is 38.3 Å². The molecule has 1 N–H and O–H groups in total. The van der Waals surface area contributed by atoms with Crippen molar-refractivity contribution in [2.75, 3.05) is 4.90 Å². The monoisotopic (exact) mass is 309 g/mol. The molecular weight excluding hydrogens is 286 g/mol. The van der Waals surface area contributed by atoms with Crippen LogP contribution in [-0.4, -0.2) is 16.6 Å². The zero-order valence-electron chi connectivity index (χ0n) is 13.9. The van der Waals surface area contributed by atoms with E-state index < -0.39 is 11.0 Å². The van der Waals surface area contributed by atoms with Gasteiger partial charge in [-0.3, -0.25) is 4.79 Å². The second-order valence-electron chi connectivity index (χ2n) is 7.22. The first-order valence-corrected chi connectivity index (χ1v) is 7.99. The number of anilines is 1. The number of nitrogens with zero attached hydrogens (tertiary/aromatic N) is 1. The Kier molecular flexibility index (Phi) is 3.77. The minimum Gasteiger partial charge on any atom is -0.390 e. The summed E-state index contributed by atoms with van der Waals surface area (Å²) >= 11 is 0. The SMILES string of the molecule is CC(C)(O)C[C@]1(C)C(=O)N(Cc2ccccc2)c2ccccc21. The summed E-state index contributed by atoms with van der Waals surface area (Å²) in [5.74, 6) is 0.0599. The van der Waals surface area contributed by atoms with E-state index in [1.807, 2.05) is 66.4 Å². The van der Waals surface area contributed by atoms with E-state index in [0.29, 0.717) is 13.0 Å². The summed E-state index contributed by atoms with van der Waals surface area (Å²) in [7, 11) is 0. The van der Waals surface area contributed by atoms with Crippen molar-refractivity contribution in [1.29, 1.82) is 0 Å². The predicted molar refractivity (Wildman–Crippen MR) is 92.3 cm³/mol. The van der Waals surface area contributed by atoms with Gasteiger partial charge in [0.05, 0.1) is 17.6 Å². The van der Waals surface area contributed by atoms with Gasteiger partial charge in [0.25, 0.3) is 0 Å². The Morgan fingerprint density at radius 3 is 2.30 bits per heavy atom. The van der Waals surface area contributed by atoms with Crippen LogP contribution < -0.4 is 4.90 Å². The van der Waals surface area contributed by atoms with Gasteiger partial charge >= 0.3 is 0 Å². The fraction of sp³-hybridized carbons (Fsp3) is 0.350. The number of carbonyl (C=O) groups is 1. The number of benzene rings is 2. The molecular formula is C20H23NO2. The number of amides is 1. The molecule has 1 aliphatic rings. The highest BCUT2D eigenvalue weighted by atomic mass is 16.3. The highest BCUT2D eigenvalue weighted by Gasteiger charge is 2.49. The molecule has 0 bridgehead atoms. The minimum absolute atomic E-state index is 0.0599. The van der Waals surface area contributed by atoms with Gasteiger partial charge in [-0.25, -0.2) is 0 Å². The highest BCUT2D eigenvalue weighted by Crippen LogP contribution is 2.46. The second-order valence-corrected chi connectivity index (χ2v) is 7.22. The smallest absolute Gasteiger partial charge is 0.237 e. The van der Waals surface area contributed by atoms with Crippen molar-refractivity contribution in [2.45, 2.75) is 44.8 Å². The molecule has 0 radical (unpaired) electrons. The molecule has 0 spiro atoms. The van der Waals surface area contributed by atoms with Crippen molar-refractivity contribution in [1.82, 2.24) is 0 Å². The van der Waals surface area contributed by atoms with Gasteiger partial charge in [-0.2, -0.15) is 0 Å². The Morgan fingerprint density at radius 2 is 1.65 bits per heavy atom. The van der Waals surface area contributed by atoms with Crippen LogP contribution in [0.5, 0.6) is 0 Å². The summed E-state index contributed by atoms with van der Waals surface area (Å²) in [6, 6.07) is 17.9. The first-order chi connectivity index (χ1) is 10.8. The number of carbonyl (C=O) groups excluding carboxylic acids is 1. The summed E-state index contributed by atoms with van der Waals surface area (Å²) in [6.07, 6.45) is 0.404. The molecule has 1 amide bonds. The molecule has 1 aliphatic heterocycles. The lowest BCUT2D eigenvalue weighted by Crippen LogP contribution is -2.42. The number of fused-ring (bicyclic) bond motifs is 1. The van der Waals surface area contributed by atoms with Crippen molar-refractivity contribution in [3.8, 4) is 0 Å². The molecule has 2 aromatic rings. The molecule has 23 heavy (non-hydrogen) atoms. The average molecular weight is 309 g/mol. The number of hydrogen-bond acceptors (Lipinski definition) is 2. The van der Waals surface area contributed by atoms with E-state index in [1.54, 1.807) is 13.8 Å². The van der Waals surface area contributed by atoms with E-state index in [9.17, 15) is 9.90 Å². The number of hydrogen-bond donors (Lipinski definition) is 1. The first-order valence-electron chi connectivity index (χ1n) is 7.99. The lowest BCUT2D eigenvalue weighted by atomic mass is 9.75. The van der Waals surface area contributed by atoms with E-state index in [0.717, 1.165) is 16.8 Å². The molecule has 2 aromatic carbocycles. The van der Waals surface area contributed by atoms with E-state index in [-0.39, 0.29) is 5.91 Å². The molecule has 0 unspecified atom stereocenters. The quantitative estimate of drug-likeness (QED) is 0.936. The summed E-state index contributed by atoms with van der Waals surface area (Å²) in [6.45, 7) is 6.01. The Balaban J connectivity index is 2.02. The van der Waals surface area contributed by atoms with E-state index >= 15 is 0 Å². The maximum Gasteiger partial charge on any atom is 0.237 e. The lowest BCUT2D eigenvalue weighted by Gasteiger charge is -2.30. The Bertz CT molecular complexity index is 718. The topological polar surface area (TPSA) is 40.5 Å². The van der Waals surface area contributed by atoms with Gasteiger partial charge in [-0.05, 0) is 44.4 Å². The lowest BCUT2D eigenvalue weighted by molar-refractivity contribution is -0.124. The molecule has 3 heteroatoms. The summed E-state index contributed by atoms with van der Waals surface area (Å²) < 4.78 is 0. The third kappa shape index (κ3) is 2.89. The molecule has 0 fully saturated rings. The first kappa shape index (κ1) is 15.8. The second kappa shape index (κ2) is 5.50. The minimum atomic E-state index is -0.903. The fourth-order valence-corrected chi connectivity index (χ4v) is 3.66. The normalized spacial score (nSPS) is 20.7. The molecule has 1 atom stereocenters. The van der Waals surface area contributed by atoms with E-state index in [2.05, 4.69) is 0 Å². The number of para-hydroxylation sites is 1. The fourth-order valence-electron chi connectivity index (χ4n) is 3.66. The third-order valence-electron chi connectivity index (χ3n) is 4.48. The summed E-state index contributed by atoms with van der Waals surface area (Å²) in [5.41, 5.74) is 1.46. The van der Waals surface area contributed by atoms with Gasteiger partial charge in [0.2, 0.25) is 5.91 Å². The predicted octanol–water partition coefficient (Wildman–Crippen LogP) is 3.65. The molecule has 0 saturated heterocycles.